The summed E-state index contributed by atoms with van der Waals surface area (Å²) in [5, 5.41) is 3.58. The summed E-state index contributed by atoms with van der Waals surface area (Å²) in [5.74, 6) is 2.01. The molecule has 7 nitrogen and oxygen atoms in total. The molecule has 0 fully saturated rings. The summed E-state index contributed by atoms with van der Waals surface area (Å²) in [6.07, 6.45) is 0. The quantitative estimate of drug-likeness (QED) is 0.470. The van der Waals surface area contributed by atoms with Crippen LogP contribution in [0.3, 0.4) is 0 Å². The second-order valence-corrected chi connectivity index (χ2v) is 7.40. The monoisotopic (exact) mass is 424 g/mol. The van der Waals surface area contributed by atoms with E-state index in [1.165, 1.54) is 11.3 Å². The second-order valence-electron chi connectivity index (χ2n) is 6.37. The van der Waals surface area contributed by atoms with E-state index in [1.54, 1.807) is 45.6 Å². The van der Waals surface area contributed by atoms with Crippen LogP contribution in [0.1, 0.15) is 16.1 Å². The minimum atomic E-state index is -0.323. The van der Waals surface area contributed by atoms with E-state index in [9.17, 15) is 4.79 Å². The summed E-state index contributed by atoms with van der Waals surface area (Å²) in [6, 6.07) is 14.8. The normalized spacial score (nSPS) is 10.8. The Morgan fingerprint density at radius 3 is 2.43 bits per heavy atom. The Bertz CT molecular complexity index is 1140. The van der Waals surface area contributed by atoms with Crippen LogP contribution in [0.5, 0.6) is 17.2 Å². The maximum atomic E-state index is 12.6. The second kappa shape index (κ2) is 8.46. The van der Waals surface area contributed by atoms with Crippen LogP contribution in [-0.2, 0) is 6.54 Å². The van der Waals surface area contributed by atoms with Crippen molar-refractivity contribution < 1.29 is 23.4 Å². The molecule has 0 radical (unpaired) electrons. The molecule has 0 saturated carbocycles. The molecule has 2 aromatic carbocycles. The average Bonchev–Trinajstić information content (AvgIpc) is 3.43. The maximum Gasteiger partial charge on any atom is 0.287 e. The molecule has 0 aliphatic rings. The van der Waals surface area contributed by atoms with Gasteiger partial charge in [0, 0.05) is 6.54 Å². The third-order valence-electron chi connectivity index (χ3n) is 4.51. The highest BCUT2D eigenvalue weighted by Crippen LogP contribution is 2.38. The highest BCUT2D eigenvalue weighted by atomic mass is 32.1. The molecule has 1 N–H and O–H groups in total. The van der Waals surface area contributed by atoms with Crippen LogP contribution in [-0.4, -0.2) is 32.2 Å². The Balaban J connectivity index is 1.49. The smallest absolute Gasteiger partial charge is 0.287 e. The van der Waals surface area contributed by atoms with Gasteiger partial charge in [0.05, 0.1) is 31.5 Å². The predicted octanol–water partition coefficient (Wildman–Crippen LogP) is 4.51. The van der Waals surface area contributed by atoms with Crippen LogP contribution in [0.2, 0.25) is 0 Å². The summed E-state index contributed by atoms with van der Waals surface area (Å²) < 4.78 is 22.8. The number of aromatic nitrogens is 1. The first-order chi connectivity index (χ1) is 14.6. The summed E-state index contributed by atoms with van der Waals surface area (Å²) in [4.78, 5) is 17.1. The van der Waals surface area contributed by atoms with E-state index < -0.39 is 0 Å². The predicted molar refractivity (Wildman–Crippen MR) is 115 cm³/mol. The van der Waals surface area contributed by atoms with E-state index in [-0.39, 0.29) is 18.2 Å². The number of benzene rings is 2. The van der Waals surface area contributed by atoms with Crippen molar-refractivity contribution in [3.63, 3.8) is 0 Å². The first kappa shape index (κ1) is 19.8. The van der Waals surface area contributed by atoms with E-state index >= 15 is 0 Å². The summed E-state index contributed by atoms with van der Waals surface area (Å²) in [7, 11) is 4.64. The fourth-order valence-electron chi connectivity index (χ4n) is 3.06. The number of carbonyl (C=O) groups excluding carboxylic acids is 1. The Morgan fingerprint density at radius 1 is 1.03 bits per heavy atom. The first-order valence-corrected chi connectivity index (χ1v) is 9.97. The Morgan fingerprint density at radius 2 is 1.77 bits per heavy atom. The molecule has 1 amide bonds. The lowest BCUT2D eigenvalue weighted by Crippen LogP contribution is -2.22. The Kier molecular flexibility index (Phi) is 5.58. The Labute approximate surface area is 177 Å². The summed E-state index contributed by atoms with van der Waals surface area (Å²) in [5.41, 5.74) is 1.71. The van der Waals surface area contributed by atoms with Crippen LogP contribution < -0.4 is 19.5 Å². The van der Waals surface area contributed by atoms with Gasteiger partial charge in [0.2, 0.25) is 5.75 Å². The van der Waals surface area contributed by atoms with Gasteiger partial charge in [-0.25, -0.2) is 4.98 Å². The van der Waals surface area contributed by atoms with Crippen LogP contribution in [0.15, 0.2) is 52.9 Å². The zero-order valence-electron chi connectivity index (χ0n) is 16.7. The molecule has 0 aliphatic carbocycles. The highest BCUT2D eigenvalue weighted by molar-refractivity contribution is 7.21. The molecular weight excluding hydrogens is 404 g/mol. The minimum Gasteiger partial charge on any atom is -0.493 e. The molecule has 30 heavy (non-hydrogen) atoms. The van der Waals surface area contributed by atoms with Crippen molar-refractivity contribution in [1.29, 1.82) is 0 Å². The molecule has 0 unspecified atom stereocenters. The van der Waals surface area contributed by atoms with Crippen molar-refractivity contribution in [2.45, 2.75) is 6.54 Å². The lowest BCUT2D eigenvalue weighted by atomic mass is 10.1. The fraction of sp³-hybridized carbons (Fsp3) is 0.182. The highest BCUT2D eigenvalue weighted by Gasteiger charge is 2.17. The summed E-state index contributed by atoms with van der Waals surface area (Å²) >= 11 is 1.52. The molecule has 0 bridgehead atoms. The van der Waals surface area contributed by atoms with Gasteiger partial charge in [-0.15, -0.1) is 11.3 Å². The molecule has 8 heteroatoms. The molecule has 0 atom stereocenters. The van der Waals surface area contributed by atoms with Crippen LogP contribution in [0, 0.1) is 0 Å². The molecule has 154 valence electrons. The van der Waals surface area contributed by atoms with Crippen molar-refractivity contribution in [3.05, 3.63) is 59.9 Å². The van der Waals surface area contributed by atoms with E-state index in [0.29, 0.717) is 23.0 Å². The molecule has 2 heterocycles. The number of ether oxygens (including phenoxy) is 3. The van der Waals surface area contributed by atoms with E-state index in [2.05, 4.69) is 10.3 Å². The van der Waals surface area contributed by atoms with Crippen LogP contribution in [0.4, 0.5) is 0 Å². The van der Waals surface area contributed by atoms with Crippen molar-refractivity contribution >= 4 is 27.5 Å². The molecule has 4 rings (SSSR count). The van der Waals surface area contributed by atoms with Gasteiger partial charge >= 0.3 is 0 Å². The van der Waals surface area contributed by atoms with Gasteiger partial charge in [0.1, 0.15) is 0 Å². The van der Waals surface area contributed by atoms with Gasteiger partial charge in [-0.2, -0.15) is 0 Å². The van der Waals surface area contributed by atoms with Gasteiger partial charge in [-0.3, -0.25) is 4.79 Å². The third kappa shape index (κ3) is 3.81. The van der Waals surface area contributed by atoms with Crippen LogP contribution >= 0.6 is 11.3 Å². The number of nitrogens with zero attached hydrogens (tertiary/aromatic N) is 1. The number of hydrogen-bond donors (Lipinski definition) is 1. The van der Waals surface area contributed by atoms with Crippen LogP contribution in [0.25, 0.3) is 21.0 Å². The zero-order chi connectivity index (χ0) is 21.1. The number of furan rings is 1. The van der Waals surface area contributed by atoms with Gasteiger partial charge in [0.15, 0.2) is 28.0 Å². The fourth-order valence-corrected chi connectivity index (χ4v) is 3.99. The van der Waals surface area contributed by atoms with Gasteiger partial charge < -0.3 is 23.9 Å². The number of para-hydroxylation sites is 1. The van der Waals surface area contributed by atoms with E-state index in [4.69, 9.17) is 18.6 Å². The molecule has 0 saturated heterocycles. The largest absolute Gasteiger partial charge is 0.493 e. The minimum absolute atomic E-state index is 0.219. The Hall–Kier alpha value is -3.52. The number of hydrogen-bond acceptors (Lipinski definition) is 7. The first-order valence-electron chi connectivity index (χ1n) is 9.15. The number of thiazole rings is 1. The number of carbonyl (C=O) groups is 1. The molecule has 2 aromatic heterocycles. The van der Waals surface area contributed by atoms with Gasteiger partial charge in [-0.05, 0) is 42.0 Å². The number of rotatable bonds is 7. The SMILES string of the molecule is COc1cc(CNC(=O)c2ccc(-c3nc4ccccc4s3)o2)cc(OC)c1OC. The van der Waals surface area contributed by atoms with Crippen molar-refractivity contribution in [1.82, 2.24) is 10.3 Å². The molecule has 0 spiro atoms. The maximum absolute atomic E-state index is 12.6. The average molecular weight is 424 g/mol. The number of amides is 1. The topological polar surface area (TPSA) is 82.8 Å². The number of methoxy groups -OCH3 is 3. The standard InChI is InChI=1S/C22H20N2O5S/c1-26-17-10-13(11-18(27-2)20(17)28-3)12-23-21(25)15-8-9-16(29-15)22-24-14-6-4-5-7-19(14)30-22/h4-11H,12H2,1-3H3,(H,23,25). The van der Waals surface area contributed by atoms with Crippen molar-refractivity contribution in [3.8, 4) is 28.0 Å². The van der Waals surface area contributed by atoms with E-state index in [1.807, 2.05) is 24.3 Å². The lowest BCUT2D eigenvalue weighted by molar-refractivity contribution is 0.0924. The number of fused-ring (bicyclic) bond motifs is 1. The van der Waals surface area contributed by atoms with Gasteiger partial charge in [-0.1, -0.05) is 12.1 Å². The molecule has 4 aromatic rings. The molecular formula is C22H20N2O5S. The molecule has 0 aliphatic heterocycles. The van der Waals surface area contributed by atoms with Crippen molar-refractivity contribution in [2.24, 2.45) is 0 Å². The summed E-state index contributed by atoms with van der Waals surface area (Å²) in [6.45, 7) is 0.271. The zero-order valence-corrected chi connectivity index (χ0v) is 17.5. The van der Waals surface area contributed by atoms with E-state index in [0.717, 1.165) is 20.8 Å². The van der Waals surface area contributed by atoms with Crippen molar-refractivity contribution in [2.75, 3.05) is 21.3 Å². The number of nitrogens with one attached hydrogen (secondary N) is 1. The van der Waals surface area contributed by atoms with Gasteiger partial charge in [0.25, 0.3) is 5.91 Å². The lowest BCUT2D eigenvalue weighted by Gasteiger charge is -2.14. The third-order valence-corrected chi connectivity index (χ3v) is 5.56.